The summed E-state index contributed by atoms with van der Waals surface area (Å²) in [6, 6.07) is -0.979. The summed E-state index contributed by atoms with van der Waals surface area (Å²) >= 11 is 0. The van der Waals surface area contributed by atoms with Gasteiger partial charge in [-0.05, 0) is 20.0 Å². The number of aliphatic carboxylic acids is 1. The predicted molar refractivity (Wildman–Crippen MR) is 54.3 cm³/mol. The van der Waals surface area contributed by atoms with Crippen LogP contribution in [0.2, 0.25) is 0 Å². The monoisotopic (exact) mass is 215 g/mol. The first-order valence-corrected chi connectivity index (χ1v) is 4.95. The van der Waals surface area contributed by atoms with Crippen LogP contribution >= 0.6 is 0 Å². The zero-order chi connectivity index (χ0) is 11.4. The number of nitrogens with zero attached hydrogens (tertiary/aromatic N) is 1. The fourth-order valence-electron chi connectivity index (χ4n) is 1.63. The molecule has 1 aliphatic heterocycles. The van der Waals surface area contributed by atoms with E-state index in [-0.39, 0.29) is 18.4 Å². The lowest BCUT2D eigenvalue weighted by atomic mass is 10.2. The molecule has 86 valence electrons. The van der Waals surface area contributed by atoms with E-state index in [0.717, 1.165) is 19.5 Å². The molecule has 15 heavy (non-hydrogen) atoms. The van der Waals surface area contributed by atoms with Gasteiger partial charge in [-0.1, -0.05) is 0 Å². The SMILES string of the molecule is CN1CCC(NC(=O)CC(N)C(=O)O)C1. The summed E-state index contributed by atoms with van der Waals surface area (Å²) in [5, 5.41) is 11.3. The summed E-state index contributed by atoms with van der Waals surface area (Å²) in [5.41, 5.74) is 5.25. The maximum atomic E-state index is 11.3. The van der Waals surface area contributed by atoms with Crippen molar-refractivity contribution < 1.29 is 14.7 Å². The van der Waals surface area contributed by atoms with Crippen LogP contribution in [0.3, 0.4) is 0 Å². The summed E-state index contributed by atoms with van der Waals surface area (Å²) in [6.45, 7) is 1.77. The Hall–Kier alpha value is -1.14. The Morgan fingerprint density at radius 2 is 2.33 bits per heavy atom. The molecule has 1 amide bonds. The number of carbonyl (C=O) groups excluding carboxylic acids is 1. The minimum atomic E-state index is -1.14. The zero-order valence-corrected chi connectivity index (χ0v) is 8.77. The van der Waals surface area contributed by atoms with Crippen LogP contribution in [0.15, 0.2) is 0 Å². The Kier molecular flexibility index (Phi) is 4.05. The van der Waals surface area contributed by atoms with Crippen LogP contribution in [-0.4, -0.2) is 54.1 Å². The number of likely N-dealkylation sites (N-methyl/N-ethyl adjacent to an activating group) is 1. The van der Waals surface area contributed by atoms with Crippen LogP contribution in [0, 0.1) is 0 Å². The normalized spacial score (nSPS) is 23.7. The average molecular weight is 215 g/mol. The quantitative estimate of drug-likeness (QED) is 0.536. The van der Waals surface area contributed by atoms with Gasteiger partial charge in [0.25, 0.3) is 0 Å². The highest BCUT2D eigenvalue weighted by molar-refractivity contribution is 5.84. The molecule has 0 spiro atoms. The number of rotatable bonds is 4. The van der Waals surface area contributed by atoms with Gasteiger partial charge in [0.1, 0.15) is 6.04 Å². The molecule has 2 atom stereocenters. The first-order chi connectivity index (χ1) is 6.99. The molecule has 6 nitrogen and oxygen atoms in total. The van der Waals surface area contributed by atoms with Crippen LogP contribution in [0.4, 0.5) is 0 Å². The number of hydrogen-bond donors (Lipinski definition) is 3. The molecule has 1 saturated heterocycles. The highest BCUT2D eigenvalue weighted by Crippen LogP contribution is 2.06. The second-order valence-corrected chi connectivity index (χ2v) is 3.96. The van der Waals surface area contributed by atoms with E-state index in [9.17, 15) is 9.59 Å². The first-order valence-electron chi connectivity index (χ1n) is 4.95. The van der Waals surface area contributed by atoms with E-state index in [1.165, 1.54) is 0 Å². The van der Waals surface area contributed by atoms with E-state index in [4.69, 9.17) is 10.8 Å². The van der Waals surface area contributed by atoms with Gasteiger partial charge in [-0.25, -0.2) is 0 Å². The van der Waals surface area contributed by atoms with Crippen molar-refractivity contribution >= 4 is 11.9 Å². The Morgan fingerprint density at radius 3 is 2.80 bits per heavy atom. The largest absolute Gasteiger partial charge is 0.480 e. The molecular weight excluding hydrogens is 198 g/mol. The van der Waals surface area contributed by atoms with Crippen LogP contribution in [0.5, 0.6) is 0 Å². The lowest BCUT2D eigenvalue weighted by Gasteiger charge is -2.13. The second-order valence-electron chi connectivity index (χ2n) is 3.96. The molecule has 0 radical (unpaired) electrons. The van der Waals surface area contributed by atoms with Crippen LogP contribution in [-0.2, 0) is 9.59 Å². The van der Waals surface area contributed by atoms with Crippen molar-refractivity contribution in [3.8, 4) is 0 Å². The van der Waals surface area contributed by atoms with Gasteiger partial charge in [-0.2, -0.15) is 0 Å². The fraction of sp³-hybridized carbons (Fsp3) is 0.778. The van der Waals surface area contributed by atoms with Crippen molar-refractivity contribution in [1.29, 1.82) is 0 Å². The molecule has 0 bridgehead atoms. The second kappa shape index (κ2) is 5.09. The number of nitrogens with two attached hydrogens (primary N) is 1. The third-order valence-electron chi connectivity index (χ3n) is 2.48. The zero-order valence-electron chi connectivity index (χ0n) is 8.77. The van der Waals surface area contributed by atoms with Gasteiger partial charge in [0.2, 0.25) is 5.91 Å². The highest BCUT2D eigenvalue weighted by Gasteiger charge is 2.23. The summed E-state index contributed by atoms with van der Waals surface area (Å²) in [5.74, 6) is -1.43. The fourth-order valence-corrected chi connectivity index (χ4v) is 1.63. The summed E-state index contributed by atoms with van der Waals surface area (Å²) in [6.07, 6.45) is 0.750. The number of nitrogens with one attached hydrogen (secondary N) is 1. The molecule has 1 rings (SSSR count). The average Bonchev–Trinajstić information content (AvgIpc) is 2.50. The maximum absolute atomic E-state index is 11.3. The molecule has 6 heteroatoms. The van der Waals surface area contributed by atoms with Gasteiger partial charge in [-0.15, -0.1) is 0 Å². The first kappa shape index (κ1) is 11.9. The topological polar surface area (TPSA) is 95.7 Å². The molecule has 1 aliphatic rings. The van der Waals surface area contributed by atoms with Crippen molar-refractivity contribution in [2.75, 3.05) is 20.1 Å². The van der Waals surface area contributed by atoms with Gasteiger partial charge in [-0.3, -0.25) is 9.59 Å². The third kappa shape index (κ3) is 3.85. The number of carboxylic acids is 1. The maximum Gasteiger partial charge on any atom is 0.321 e. The molecule has 1 fully saturated rings. The molecule has 0 aromatic carbocycles. The number of carbonyl (C=O) groups is 2. The number of carboxylic acid groups (broad SMARTS) is 1. The van der Waals surface area contributed by atoms with Gasteiger partial charge in [0.15, 0.2) is 0 Å². The van der Waals surface area contributed by atoms with E-state index < -0.39 is 12.0 Å². The lowest BCUT2D eigenvalue weighted by Crippen LogP contribution is -2.41. The Labute approximate surface area is 88.4 Å². The van der Waals surface area contributed by atoms with Gasteiger partial charge in [0.05, 0.1) is 6.42 Å². The van der Waals surface area contributed by atoms with Crippen LogP contribution in [0.25, 0.3) is 0 Å². The van der Waals surface area contributed by atoms with Crippen molar-refractivity contribution in [3.05, 3.63) is 0 Å². The van der Waals surface area contributed by atoms with Gasteiger partial charge < -0.3 is 21.1 Å². The molecule has 2 unspecified atom stereocenters. The molecular formula is C9H17N3O3. The van der Waals surface area contributed by atoms with Crippen molar-refractivity contribution in [1.82, 2.24) is 10.2 Å². The standard InChI is InChI=1S/C9H17N3O3/c1-12-3-2-6(5-12)11-8(13)4-7(10)9(14)15/h6-7H,2-5,10H2,1H3,(H,11,13)(H,14,15). The molecule has 1 heterocycles. The molecule has 0 aromatic heterocycles. The van der Waals surface area contributed by atoms with Crippen LogP contribution < -0.4 is 11.1 Å². The van der Waals surface area contributed by atoms with Gasteiger partial charge >= 0.3 is 5.97 Å². The Balaban J connectivity index is 2.27. The minimum Gasteiger partial charge on any atom is -0.480 e. The van der Waals surface area contributed by atoms with E-state index in [1.807, 2.05) is 7.05 Å². The number of likely N-dealkylation sites (tertiary alicyclic amines) is 1. The van der Waals surface area contributed by atoms with Crippen LogP contribution in [0.1, 0.15) is 12.8 Å². The highest BCUT2D eigenvalue weighted by atomic mass is 16.4. The Morgan fingerprint density at radius 1 is 1.67 bits per heavy atom. The van der Waals surface area contributed by atoms with Crippen molar-refractivity contribution in [2.24, 2.45) is 5.73 Å². The van der Waals surface area contributed by atoms with E-state index in [0.29, 0.717) is 0 Å². The number of hydrogen-bond acceptors (Lipinski definition) is 4. The van der Waals surface area contributed by atoms with E-state index >= 15 is 0 Å². The molecule has 0 aromatic rings. The number of amides is 1. The summed E-state index contributed by atoms with van der Waals surface area (Å²) in [4.78, 5) is 23.9. The summed E-state index contributed by atoms with van der Waals surface area (Å²) in [7, 11) is 1.98. The minimum absolute atomic E-state index is 0.128. The van der Waals surface area contributed by atoms with Crippen molar-refractivity contribution in [3.63, 3.8) is 0 Å². The molecule has 0 aliphatic carbocycles. The lowest BCUT2D eigenvalue weighted by molar-refractivity contribution is -0.140. The molecule has 4 N–H and O–H groups in total. The molecule has 0 saturated carbocycles. The van der Waals surface area contributed by atoms with Crippen molar-refractivity contribution in [2.45, 2.75) is 24.9 Å². The van der Waals surface area contributed by atoms with E-state index in [1.54, 1.807) is 0 Å². The summed E-state index contributed by atoms with van der Waals surface area (Å²) < 4.78 is 0. The Bertz CT molecular complexity index is 257. The smallest absolute Gasteiger partial charge is 0.321 e. The third-order valence-corrected chi connectivity index (χ3v) is 2.48. The van der Waals surface area contributed by atoms with E-state index in [2.05, 4.69) is 10.2 Å². The predicted octanol–water partition coefficient (Wildman–Crippen LogP) is -1.39. The van der Waals surface area contributed by atoms with Gasteiger partial charge in [0, 0.05) is 12.6 Å².